The Balaban J connectivity index is 1.53. The van der Waals surface area contributed by atoms with E-state index in [0.29, 0.717) is 22.3 Å². The first-order valence-corrected chi connectivity index (χ1v) is 10.0. The lowest BCUT2D eigenvalue weighted by molar-refractivity contribution is -0.139. The molecule has 3 heterocycles. The smallest absolute Gasteiger partial charge is 0.375 e. The summed E-state index contributed by atoms with van der Waals surface area (Å²) < 4.78 is 34.8. The van der Waals surface area contributed by atoms with E-state index in [1.54, 1.807) is 5.38 Å². The average molecular weight is 422 g/mol. The van der Waals surface area contributed by atoms with Crippen LogP contribution in [-0.2, 0) is 24.3 Å². The molecular formula is C12H18N6O7S2. The van der Waals surface area contributed by atoms with Gasteiger partial charge in [0.1, 0.15) is 6.04 Å². The molecule has 150 valence electrons. The largest absolute Gasteiger partial charge is 0.418 e. The second-order valence-electron chi connectivity index (χ2n) is 6.00. The van der Waals surface area contributed by atoms with Gasteiger partial charge in [-0.2, -0.15) is 13.5 Å². The predicted octanol–water partition coefficient (Wildman–Crippen LogP) is -1.22. The van der Waals surface area contributed by atoms with Crippen LogP contribution in [0.1, 0.15) is 24.6 Å². The molecule has 3 amide bonds. The summed E-state index contributed by atoms with van der Waals surface area (Å²) in [4.78, 5) is 34.8. The lowest BCUT2D eigenvalue weighted by Gasteiger charge is -2.29. The summed E-state index contributed by atoms with van der Waals surface area (Å²) in [6, 6.07) is -2.87. The van der Waals surface area contributed by atoms with Crippen LogP contribution in [0.2, 0.25) is 0 Å². The zero-order valence-electron chi connectivity index (χ0n) is 13.8. The van der Waals surface area contributed by atoms with E-state index in [4.69, 9.17) is 20.9 Å². The van der Waals surface area contributed by atoms with Crippen molar-refractivity contribution in [2.45, 2.75) is 31.0 Å². The van der Waals surface area contributed by atoms with Crippen LogP contribution in [0, 0.1) is 0 Å². The van der Waals surface area contributed by atoms with E-state index in [0.717, 1.165) is 4.90 Å². The number of amides is 3. The fourth-order valence-corrected chi connectivity index (χ4v) is 3.95. The maximum absolute atomic E-state index is 12.3. The number of hydroxylamine groups is 3. The van der Waals surface area contributed by atoms with Gasteiger partial charge in [0.2, 0.25) is 0 Å². The third-order valence-electron chi connectivity index (χ3n) is 4.16. The number of carbonyl (C=O) groups excluding carboxylic acids is 2. The number of nitrogens with one attached hydrogen (secondary N) is 1. The molecule has 2 aliphatic rings. The number of hydrogen-bond acceptors (Lipinski definition) is 10. The number of anilines is 1. The Bertz CT molecular complexity index is 830. The molecule has 1 aromatic rings. The number of nitrogens with zero attached hydrogens (tertiary/aromatic N) is 3. The molecule has 1 aromatic heterocycles. The number of nitrogen functional groups attached to an aromatic ring is 1. The monoisotopic (exact) mass is 422 g/mol. The van der Waals surface area contributed by atoms with Gasteiger partial charge in [-0.15, -0.1) is 15.6 Å². The molecule has 3 atom stereocenters. The molecule has 1 unspecified atom stereocenters. The van der Waals surface area contributed by atoms with E-state index in [1.165, 1.54) is 11.3 Å². The fraction of sp³-hybridized carbons (Fsp3) is 0.583. The molecule has 0 radical (unpaired) electrons. The zero-order valence-corrected chi connectivity index (χ0v) is 15.5. The fourth-order valence-electron chi connectivity index (χ4n) is 2.93. The molecule has 0 aliphatic carbocycles. The first kappa shape index (κ1) is 19.7. The number of urea groups is 1. The van der Waals surface area contributed by atoms with Crippen molar-refractivity contribution in [1.29, 1.82) is 0 Å². The van der Waals surface area contributed by atoms with Crippen molar-refractivity contribution < 1.29 is 31.7 Å². The number of aromatic nitrogens is 1. The quantitative estimate of drug-likeness (QED) is 0.306. The highest BCUT2D eigenvalue weighted by Crippen LogP contribution is 2.30. The SMILES string of the molecule is Nc1nc(C(N)CONC(=O)[C@@H]2CC[C@@H]3CN2C(=O)N3OS(=O)(=O)O)cs1. The lowest BCUT2D eigenvalue weighted by atomic mass is 10.0. The molecule has 2 fully saturated rings. The second kappa shape index (κ2) is 7.53. The minimum atomic E-state index is -4.84. The highest BCUT2D eigenvalue weighted by atomic mass is 32.3. The van der Waals surface area contributed by atoms with Crippen LogP contribution < -0.4 is 16.9 Å². The lowest BCUT2D eigenvalue weighted by Crippen LogP contribution is -2.50. The van der Waals surface area contributed by atoms with E-state index in [-0.39, 0.29) is 19.6 Å². The van der Waals surface area contributed by atoms with Crippen LogP contribution in [0.5, 0.6) is 0 Å². The van der Waals surface area contributed by atoms with Crippen LogP contribution in [0.15, 0.2) is 5.38 Å². The van der Waals surface area contributed by atoms with Crippen molar-refractivity contribution in [1.82, 2.24) is 20.4 Å². The predicted molar refractivity (Wildman–Crippen MR) is 90.9 cm³/mol. The summed E-state index contributed by atoms with van der Waals surface area (Å²) in [6.07, 6.45) is 0.582. The molecule has 2 aliphatic heterocycles. The molecule has 2 saturated heterocycles. The van der Waals surface area contributed by atoms with E-state index < -0.39 is 40.5 Å². The summed E-state index contributed by atoms with van der Waals surface area (Å²) in [7, 11) is -4.84. The molecular weight excluding hydrogens is 404 g/mol. The molecule has 0 spiro atoms. The minimum Gasteiger partial charge on any atom is -0.375 e. The summed E-state index contributed by atoms with van der Waals surface area (Å²) in [5, 5.41) is 2.61. The van der Waals surface area contributed by atoms with E-state index >= 15 is 0 Å². The highest BCUT2D eigenvalue weighted by Gasteiger charge is 2.49. The topological polar surface area (TPSA) is 190 Å². The van der Waals surface area contributed by atoms with Crippen LogP contribution in [0.4, 0.5) is 9.93 Å². The van der Waals surface area contributed by atoms with Crippen LogP contribution in [-0.4, -0.2) is 65.1 Å². The van der Waals surface area contributed by atoms with Gasteiger partial charge in [0.05, 0.1) is 24.4 Å². The van der Waals surface area contributed by atoms with Crippen molar-refractivity contribution in [3.05, 3.63) is 11.1 Å². The Morgan fingerprint density at radius 2 is 2.26 bits per heavy atom. The van der Waals surface area contributed by atoms with Gasteiger partial charge >= 0.3 is 16.4 Å². The molecule has 0 aromatic carbocycles. The Labute approximate surface area is 158 Å². The van der Waals surface area contributed by atoms with Crippen LogP contribution in [0.25, 0.3) is 0 Å². The third kappa shape index (κ3) is 4.45. The standard InChI is InChI=1S/C12H18N6O7S2/c13-7(8-5-26-11(14)15-8)4-24-16-10(19)9-2-1-6-3-17(9)12(20)18(6)25-27(21,22)23/h5-7,9H,1-4,13H2,(H2,14,15)(H,16,19)(H,21,22,23)/t6-,7?,9+/m1/s1. The van der Waals surface area contributed by atoms with Crippen LogP contribution in [0.3, 0.4) is 0 Å². The van der Waals surface area contributed by atoms with Gasteiger partial charge in [-0.05, 0) is 12.8 Å². The number of fused-ring (bicyclic) bond motifs is 2. The Kier molecular flexibility index (Phi) is 5.50. The van der Waals surface area contributed by atoms with Crippen molar-refractivity contribution in [3.63, 3.8) is 0 Å². The summed E-state index contributed by atoms with van der Waals surface area (Å²) in [5.74, 6) is -0.583. The Morgan fingerprint density at radius 3 is 2.89 bits per heavy atom. The van der Waals surface area contributed by atoms with Crippen molar-refractivity contribution in [2.75, 3.05) is 18.9 Å². The van der Waals surface area contributed by atoms with Crippen LogP contribution >= 0.6 is 11.3 Å². The first-order valence-electron chi connectivity index (χ1n) is 7.80. The molecule has 6 N–H and O–H groups in total. The summed E-state index contributed by atoms with van der Waals surface area (Å²) in [5.41, 5.74) is 14.2. The minimum absolute atomic E-state index is 0.0593. The maximum Gasteiger partial charge on any atom is 0.418 e. The van der Waals surface area contributed by atoms with Gasteiger partial charge in [0.15, 0.2) is 5.13 Å². The van der Waals surface area contributed by atoms with Gasteiger partial charge in [-0.1, -0.05) is 0 Å². The number of rotatable bonds is 7. The van der Waals surface area contributed by atoms with E-state index in [9.17, 15) is 18.0 Å². The summed E-state index contributed by atoms with van der Waals surface area (Å²) in [6.45, 7) is 0.0280. The first-order chi connectivity index (χ1) is 12.7. The third-order valence-corrected chi connectivity index (χ3v) is 5.20. The molecule has 15 heteroatoms. The van der Waals surface area contributed by atoms with Gasteiger partial charge < -0.3 is 16.4 Å². The van der Waals surface area contributed by atoms with Crippen molar-refractivity contribution in [3.8, 4) is 0 Å². The number of piperidine rings is 1. The number of hydrogen-bond donors (Lipinski definition) is 4. The number of nitrogens with two attached hydrogens (primary N) is 2. The zero-order chi connectivity index (χ0) is 19.8. The van der Waals surface area contributed by atoms with Gasteiger partial charge in [0, 0.05) is 11.9 Å². The normalized spacial score (nSPS) is 23.6. The Morgan fingerprint density at radius 1 is 1.52 bits per heavy atom. The van der Waals surface area contributed by atoms with E-state index in [1.807, 2.05) is 0 Å². The molecule has 0 saturated carbocycles. The average Bonchev–Trinajstić information content (AvgIpc) is 3.12. The van der Waals surface area contributed by atoms with E-state index in [2.05, 4.69) is 14.7 Å². The van der Waals surface area contributed by atoms with Crippen molar-refractivity contribution in [2.24, 2.45) is 5.73 Å². The second-order valence-corrected chi connectivity index (χ2v) is 7.90. The van der Waals surface area contributed by atoms with Gasteiger partial charge in [-0.3, -0.25) is 14.2 Å². The number of carbonyl (C=O) groups is 2. The van der Waals surface area contributed by atoms with Gasteiger partial charge in [0.25, 0.3) is 5.91 Å². The van der Waals surface area contributed by atoms with Crippen molar-refractivity contribution >= 4 is 38.8 Å². The highest BCUT2D eigenvalue weighted by molar-refractivity contribution is 7.80. The molecule has 13 nitrogen and oxygen atoms in total. The maximum atomic E-state index is 12.3. The van der Waals surface area contributed by atoms with Gasteiger partial charge in [-0.25, -0.2) is 15.3 Å². The summed E-state index contributed by atoms with van der Waals surface area (Å²) >= 11 is 1.23. The molecule has 3 rings (SSSR count). The molecule has 27 heavy (non-hydrogen) atoms. The number of thiazole rings is 1. The molecule has 2 bridgehead atoms. The Hall–Kier alpha value is -2.04.